The standard InChI is InChI=1S/C18H23BrN2OS/c1-2-22-15-6-3-5-14(13-15)18(16-7-8-17(19)23-16)21-11-4-9-20-10-12-21/h3,5-8,13,18,20H,2,4,9-12H2,1H3. The van der Waals surface area contributed by atoms with Gasteiger partial charge in [0.1, 0.15) is 5.75 Å². The topological polar surface area (TPSA) is 24.5 Å². The normalized spacial score (nSPS) is 17.7. The third-order valence-electron chi connectivity index (χ3n) is 4.09. The first kappa shape index (κ1) is 17.0. The van der Waals surface area contributed by atoms with Crippen molar-refractivity contribution in [2.75, 3.05) is 32.8 Å². The summed E-state index contributed by atoms with van der Waals surface area (Å²) in [6.07, 6.45) is 1.19. The van der Waals surface area contributed by atoms with Crippen molar-refractivity contribution in [3.63, 3.8) is 0 Å². The number of hydrogen-bond acceptors (Lipinski definition) is 4. The highest BCUT2D eigenvalue weighted by atomic mass is 79.9. The van der Waals surface area contributed by atoms with E-state index in [1.54, 1.807) is 0 Å². The maximum atomic E-state index is 5.71. The second-order valence-corrected chi connectivity index (χ2v) is 8.18. The van der Waals surface area contributed by atoms with Crippen molar-refractivity contribution >= 4 is 27.3 Å². The molecule has 1 aromatic carbocycles. The largest absolute Gasteiger partial charge is 0.494 e. The summed E-state index contributed by atoms with van der Waals surface area (Å²) in [5.74, 6) is 0.957. The van der Waals surface area contributed by atoms with Crippen LogP contribution < -0.4 is 10.1 Å². The van der Waals surface area contributed by atoms with Crippen molar-refractivity contribution in [3.8, 4) is 5.75 Å². The quantitative estimate of drug-likeness (QED) is 0.817. The van der Waals surface area contributed by atoms with E-state index in [1.807, 2.05) is 24.3 Å². The number of hydrogen-bond donors (Lipinski definition) is 1. The van der Waals surface area contributed by atoms with E-state index < -0.39 is 0 Å². The van der Waals surface area contributed by atoms with Crippen molar-refractivity contribution in [2.24, 2.45) is 0 Å². The SMILES string of the molecule is CCOc1cccc(C(c2ccc(Br)s2)N2CCCNCC2)c1. The van der Waals surface area contributed by atoms with Gasteiger partial charge in [-0.1, -0.05) is 12.1 Å². The molecule has 1 aromatic heterocycles. The second-order valence-electron chi connectivity index (χ2n) is 5.69. The molecule has 3 rings (SSSR count). The molecule has 1 unspecified atom stereocenters. The summed E-state index contributed by atoms with van der Waals surface area (Å²) in [5.41, 5.74) is 1.31. The van der Waals surface area contributed by atoms with Gasteiger partial charge in [-0.25, -0.2) is 0 Å². The van der Waals surface area contributed by atoms with Crippen LogP contribution in [0.15, 0.2) is 40.2 Å². The van der Waals surface area contributed by atoms with Gasteiger partial charge in [0.25, 0.3) is 0 Å². The van der Waals surface area contributed by atoms with Crippen LogP contribution in [0.1, 0.15) is 29.8 Å². The van der Waals surface area contributed by atoms with Crippen LogP contribution >= 0.6 is 27.3 Å². The molecule has 2 aromatic rings. The van der Waals surface area contributed by atoms with Crippen LogP contribution in [0.3, 0.4) is 0 Å². The molecule has 1 atom stereocenters. The minimum atomic E-state index is 0.298. The molecule has 0 amide bonds. The zero-order chi connectivity index (χ0) is 16.1. The Kier molecular flexibility index (Phi) is 6.11. The van der Waals surface area contributed by atoms with Crippen LogP contribution in [0.25, 0.3) is 0 Å². The molecule has 1 saturated heterocycles. The lowest BCUT2D eigenvalue weighted by Gasteiger charge is -2.30. The van der Waals surface area contributed by atoms with E-state index in [4.69, 9.17) is 4.74 Å². The van der Waals surface area contributed by atoms with Gasteiger partial charge in [0.2, 0.25) is 0 Å². The maximum absolute atomic E-state index is 5.71. The molecule has 1 fully saturated rings. The highest BCUT2D eigenvalue weighted by Crippen LogP contribution is 2.36. The number of thiophene rings is 1. The van der Waals surface area contributed by atoms with Gasteiger partial charge >= 0.3 is 0 Å². The van der Waals surface area contributed by atoms with Gasteiger partial charge in [-0.3, -0.25) is 4.90 Å². The van der Waals surface area contributed by atoms with Crippen LogP contribution in [-0.4, -0.2) is 37.7 Å². The molecule has 1 aliphatic rings. The molecule has 1 aliphatic heterocycles. The van der Waals surface area contributed by atoms with Gasteiger partial charge in [-0.15, -0.1) is 11.3 Å². The molecule has 5 heteroatoms. The number of halogens is 1. The van der Waals surface area contributed by atoms with E-state index in [-0.39, 0.29) is 0 Å². The monoisotopic (exact) mass is 394 g/mol. The minimum absolute atomic E-state index is 0.298. The highest BCUT2D eigenvalue weighted by Gasteiger charge is 2.25. The molecule has 2 heterocycles. The Bertz CT molecular complexity index is 623. The van der Waals surface area contributed by atoms with Crippen molar-refractivity contribution in [2.45, 2.75) is 19.4 Å². The summed E-state index contributed by atoms with van der Waals surface area (Å²) >= 11 is 5.44. The fourth-order valence-electron chi connectivity index (χ4n) is 3.10. The van der Waals surface area contributed by atoms with Gasteiger partial charge in [0, 0.05) is 24.5 Å². The molecular weight excluding hydrogens is 372 g/mol. The van der Waals surface area contributed by atoms with E-state index in [0.29, 0.717) is 12.6 Å². The molecule has 23 heavy (non-hydrogen) atoms. The van der Waals surface area contributed by atoms with Crippen LogP contribution in [-0.2, 0) is 0 Å². The Balaban J connectivity index is 1.95. The molecule has 3 nitrogen and oxygen atoms in total. The second kappa shape index (κ2) is 8.29. The molecule has 0 aliphatic carbocycles. The summed E-state index contributed by atoms with van der Waals surface area (Å²) < 4.78 is 6.90. The third kappa shape index (κ3) is 4.35. The number of ether oxygens (including phenoxy) is 1. The van der Waals surface area contributed by atoms with Gasteiger partial charge in [0.05, 0.1) is 16.4 Å². The summed E-state index contributed by atoms with van der Waals surface area (Å²) in [6.45, 7) is 7.07. The molecule has 1 N–H and O–H groups in total. The predicted octanol–water partition coefficient (Wildman–Crippen LogP) is 4.29. The van der Waals surface area contributed by atoms with E-state index in [0.717, 1.165) is 31.9 Å². The number of nitrogens with zero attached hydrogens (tertiary/aromatic N) is 1. The number of nitrogens with one attached hydrogen (secondary N) is 1. The van der Waals surface area contributed by atoms with Crippen LogP contribution in [0.5, 0.6) is 5.75 Å². The molecule has 0 spiro atoms. The zero-order valence-corrected chi connectivity index (χ0v) is 15.8. The van der Waals surface area contributed by atoms with Gasteiger partial charge < -0.3 is 10.1 Å². The van der Waals surface area contributed by atoms with Crippen molar-refractivity contribution < 1.29 is 4.74 Å². The molecule has 0 bridgehead atoms. The van der Waals surface area contributed by atoms with Gasteiger partial charge in [0.15, 0.2) is 0 Å². The van der Waals surface area contributed by atoms with Gasteiger partial charge in [-0.2, -0.15) is 0 Å². The lowest BCUT2D eigenvalue weighted by atomic mass is 10.0. The first-order chi connectivity index (χ1) is 11.3. The first-order valence-corrected chi connectivity index (χ1v) is 9.81. The average molecular weight is 395 g/mol. The number of benzene rings is 1. The molecular formula is C18H23BrN2OS. The van der Waals surface area contributed by atoms with E-state index >= 15 is 0 Å². The molecule has 0 radical (unpaired) electrons. The van der Waals surface area contributed by atoms with Crippen molar-refractivity contribution in [3.05, 3.63) is 50.6 Å². The summed E-state index contributed by atoms with van der Waals surface area (Å²) in [5, 5.41) is 3.50. The Morgan fingerprint density at radius 3 is 2.96 bits per heavy atom. The predicted molar refractivity (Wildman–Crippen MR) is 101 cm³/mol. The van der Waals surface area contributed by atoms with Crippen LogP contribution in [0.2, 0.25) is 0 Å². The Labute approximate surface area is 150 Å². The maximum Gasteiger partial charge on any atom is 0.119 e. The Hall–Kier alpha value is -0.880. The van der Waals surface area contributed by atoms with Crippen LogP contribution in [0.4, 0.5) is 0 Å². The van der Waals surface area contributed by atoms with Crippen molar-refractivity contribution in [1.29, 1.82) is 0 Å². The third-order valence-corrected chi connectivity index (χ3v) is 5.76. The Morgan fingerprint density at radius 1 is 1.26 bits per heavy atom. The van der Waals surface area contributed by atoms with Crippen LogP contribution in [0, 0.1) is 0 Å². The first-order valence-electron chi connectivity index (χ1n) is 8.20. The fraction of sp³-hybridized carbons (Fsp3) is 0.444. The summed E-state index contributed by atoms with van der Waals surface area (Å²) in [7, 11) is 0. The van der Waals surface area contributed by atoms with E-state index in [9.17, 15) is 0 Å². The summed E-state index contributed by atoms with van der Waals surface area (Å²) in [6, 6.07) is 13.2. The molecule has 124 valence electrons. The zero-order valence-electron chi connectivity index (χ0n) is 13.4. The Morgan fingerprint density at radius 2 is 2.17 bits per heavy atom. The van der Waals surface area contributed by atoms with E-state index in [2.05, 4.69) is 56.5 Å². The summed E-state index contributed by atoms with van der Waals surface area (Å²) in [4.78, 5) is 3.97. The lowest BCUT2D eigenvalue weighted by Crippen LogP contribution is -2.32. The molecule has 0 saturated carbocycles. The number of rotatable bonds is 5. The van der Waals surface area contributed by atoms with E-state index in [1.165, 1.54) is 20.6 Å². The average Bonchev–Trinajstić information content (AvgIpc) is 2.81. The lowest BCUT2D eigenvalue weighted by molar-refractivity contribution is 0.243. The highest BCUT2D eigenvalue weighted by molar-refractivity contribution is 9.11. The fourth-order valence-corrected chi connectivity index (χ4v) is 4.68. The smallest absolute Gasteiger partial charge is 0.119 e. The van der Waals surface area contributed by atoms with Crippen molar-refractivity contribution in [1.82, 2.24) is 10.2 Å². The van der Waals surface area contributed by atoms with Gasteiger partial charge in [-0.05, 0) is 65.6 Å². The minimum Gasteiger partial charge on any atom is -0.494 e.